The molecular formula is C16H20ClN2O2S2+. The van der Waals surface area contributed by atoms with E-state index in [-0.39, 0.29) is 0 Å². The molecule has 1 aromatic heterocycles. The van der Waals surface area contributed by atoms with E-state index in [4.69, 9.17) is 11.6 Å². The zero-order valence-electron chi connectivity index (χ0n) is 13.0. The molecule has 0 unspecified atom stereocenters. The molecule has 23 heavy (non-hydrogen) atoms. The first-order valence-corrected chi connectivity index (χ1v) is 10.2. The van der Waals surface area contributed by atoms with Crippen LogP contribution in [0.1, 0.15) is 11.1 Å². The molecule has 0 aliphatic carbocycles. The molecule has 1 aliphatic heterocycles. The van der Waals surface area contributed by atoms with Gasteiger partial charge >= 0.3 is 0 Å². The van der Waals surface area contributed by atoms with Crippen LogP contribution in [-0.2, 0) is 16.6 Å². The summed E-state index contributed by atoms with van der Waals surface area (Å²) in [4.78, 5) is 1.43. The van der Waals surface area contributed by atoms with E-state index in [1.807, 2.05) is 6.07 Å². The van der Waals surface area contributed by atoms with Crippen LogP contribution in [0.3, 0.4) is 0 Å². The Kier molecular flexibility index (Phi) is 5.08. The fourth-order valence-corrected chi connectivity index (χ4v) is 5.94. The van der Waals surface area contributed by atoms with Crippen molar-refractivity contribution in [3.8, 4) is 0 Å². The molecular weight excluding hydrogens is 352 g/mol. The number of aryl methyl sites for hydroxylation is 1. The van der Waals surface area contributed by atoms with Crippen molar-refractivity contribution in [2.45, 2.75) is 17.7 Å². The van der Waals surface area contributed by atoms with Crippen molar-refractivity contribution in [2.24, 2.45) is 0 Å². The largest absolute Gasteiger partial charge is 0.329 e. The second kappa shape index (κ2) is 6.91. The number of nitrogens with one attached hydrogen (secondary N) is 1. The normalized spacial score (nSPS) is 17.5. The third-order valence-corrected chi connectivity index (χ3v) is 7.87. The number of hydrogen-bond acceptors (Lipinski definition) is 3. The van der Waals surface area contributed by atoms with E-state index in [9.17, 15) is 8.42 Å². The fourth-order valence-electron chi connectivity index (χ4n) is 2.86. The van der Waals surface area contributed by atoms with E-state index >= 15 is 0 Å². The lowest BCUT2D eigenvalue weighted by atomic mass is 10.1. The van der Waals surface area contributed by atoms with Crippen LogP contribution in [0.5, 0.6) is 0 Å². The number of piperazine rings is 1. The lowest BCUT2D eigenvalue weighted by Crippen LogP contribution is -3.13. The Bertz CT molecular complexity index is 781. The first-order chi connectivity index (χ1) is 11.0. The quantitative estimate of drug-likeness (QED) is 0.890. The third-order valence-electron chi connectivity index (χ3n) is 4.27. The summed E-state index contributed by atoms with van der Waals surface area (Å²) in [5, 5.41) is 0. The van der Waals surface area contributed by atoms with Crippen LogP contribution in [0.4, 0.5) is 0 Å². The molecule has 4 nitrogen and oxygen atoms in total. The van der Waals surface area contributed by atoms with Crippen molar-refractivity contribution in [1.29, 1.82) is 0 Å². The van der Waals surface area contributed by atoms with Gasteiger partial charge in [-0.15, -0.1) is 11.3 Å². The number of benzene rings is 1. The number of rotatable bonds is 4. The van der Waals surface area contributed by atoms with Crippen molar-refractivity contribution >= 4 is 33.0 Å². The molecule has 2 heterocycles. The molecule has 1 aliphatic rings. The maximum absolute atomic E-state index is 12.6. The van der Waals surface area contributed by atoms with E-state index in [0.29, 0.717) is 21.6 Å². The molecule has 3 rings (SSSR count). The monoisotopic (exact) mass is 371 g/mol. The van der Waals surface area contributed by atoms with Gasteiger partial charge in [0.05, 0.1) is 30.5 Å². The van der Waals surface area contributed by atoms with Gasteiger partial charge in [-0.05, 0) is 24.6 Å². The summed E-state index contributed by atoms with van der Waals surface area (Å²) in [6.07, 6.45) is 0. The van der Waals surface area contributed by atoms with E-state index in [0.717, 1.165) is 31.0 Å². The summed E-state index contributed by atoms with van der Waals surface area (Å²) in [5.41, 5.74) is 2.63. The van der Waals surface area contributed by atoms with Gasteiger partial charge in [0.2, 0.25) is 0 Å². The zero-order valence-corrected chi connectivity index (χ0v) is 15.3. The molecule has 7 heteroatoms. The molecule has 1 N–H and O–H groups in total. The van der Waals surface area contributed by atoms with Crippen LogP contribution in [0, 0.1) is 6.92 Å². The second-order valence-electron chi connectivity index (χ2n) is 5.82. The predicted molar refractivity (Wildman–Crippen MR) is 93.7 cm³/mol. The number of sulfonamides is 1. The van der Waals surface area contributed by atoms with Gasteiger partial charge in [-0.25, -0.2) is 8.42 Å². The van der Waals surface area contributed by atoms with Gasteiger partial charge in [0.25, 0.3) is 10.0 Å². The molecule has 1 fully saturated rings. The summed E-state index contributed by atoms with van der Waals surface area (Å²) in [6, 6.07) is 11.6. The SMILES string of the molecule is Cc1ccccc1C[NH+]1CCN(S(=O)(=O)c2ccc(Cl)s2)CC1. The van der Waals surface area contributed by atoms with Crippen LogP contribution in [0.2, 0.25) is 4.34 Å². The van der Waals surface area contributed by atoms with Crippen LogP contribution in [0.15, 0.2) is 40.6 Å². The first kappa shape index (κ1) is 16.9. The topological polar surface area (TPSA) is 41.8 Å². The summed E-state index contributed by atoms with van der Waals surface area (Å²) in [5.74, 6) is 0. The van der Waals surface area contributed by atoms with Gasteiger partial charge in [0, 0.05) is 5.56 Å². The van der Waals surface area contributed by atoms with Crippen LogP contribution in [0.25, 0.3) is 0 Å². The summed E-state index contributed by atoms with van der Waals surface area (Å²) in [6.45, 7) is 5.83. The molecule has 124 valence electrons. The summed E-state index contributed by atoms with van der Waals surface area (Å²) in [7, 11) is -3.39. The van der Waals surface area contributed by atoms with Crippen molar-refractivity contribution in [3.05, 3.63) is 51.9 Å². The number of thiophene rings is 1. The number of hydrogen-bond donors (Lipinski definition) is 1. The zero-order chi connectivity index (χ0) is 16.4. The average Bonchev–Trinajstić information content (AvgIpc) is 2.98. The van der Waals surface area contributed by atoms with E-state index in [1.54, 1.807) is 16.4 Å². The molecule has 0 atom stereocenters. The molecule has 0 amide bonds. The Morgan fingerprint density at radius 3 is 2.48 bits per heavy atom. The molecule has 0 saturated carbocycles. The van der Waals surface area contributed by atoms with Gasteiger partial charge in [0.15, 0.2) is 0 Å². The van der Waals surface area contributed by atoms with Crippen LogP contribution in [-0.4, -0.2) is 38.9 Å². The lowest BCUT2D eigenvalue weighted by molar-refractivity contribution is -0.917. The molecule has 0 bridgehead atoms. The minimum atomic E-state index is -3.39. The van der Waals surface area contributed by atoms with Gasteiger partial charge in [-0.1, -0.05) is 35.9 Å². The number of halogens is 1. The predicted octanol–water partition coefficient (Wildman–Crippen LogP) is 1.80. The highest BCUT2D eigenvalue weighted by Crippen LogP contribution is 2.28. The van der Waals surface area contributed by atoms with E-state index < -0.39 is 10.0 Å². The van der Waals surface area contributed by atoms with Gasteiger partial charge in [-0.2, -0.15) is 4.31 Å². The van der Waals surface area contributed by atoms with Crippen molar-refractivity contribution in [3.63, 3.8) is 0 Å². The lowest BCUT2D eigenvalue weighted by Gasteiger charge is -2.31. The summed E-state index contributed by atoms with van der Waals surface area (Å²) >= 11 is 6.99. The van der Waals surface area contributed by atoms with E-state index in [1.165, 1.54) is 16.0 Å². The molecule has 2 aromatic rings. The highest BCUT2D eigenvalue weighted by Gasteiger charge is 2.31. The Morgan fingerprint density at radius 1 is 1.17 bits per heavy atom. The Hall–Kier alpha value is -0.920. The molecule has 0 radical (unpaired) electrons. The van der Waals surface area contributed by atoms with Gasteiger partial charge in [0.1, 0.15) is 10.8 Å². The average molecular weight is 372 g/mol. The van der Waals surface area contributed by atoms with Crippen molar-refractivity contribution in [1.82, 2.24) is 4.31 Å². The van der Waals surface area contributed by atoms with Gasteiger partial charge in [-0.3, -0.25) is 0 Å². The standard InChI is InChI=1S/C16H19ClN2O2S2/c1-13-4-2-3-5-14(13)12-18-8-10-19(11-9-18)23(20,21)16-7-6-15(17)22-16/h2-7H,8-12H2,1H3/p+1. The van der Waals surface area contributed by atoms with E-state index in [2.05, 4.69) is 25.1 Å². The molecule has 1 saturated heterocycles. The summed E-state index contributed by atoms with van der Waals surface area (Å²) < 4.78 is 27.6. The highest BCUT2D eigenvalue weighted by atomic mass is 35.5. The maximum atomic E-state index is 12.6. The van der Waals surface area contributed by atoms with Crippen molar-refractivity contribution in [2.75, 3.05) is 26.2 Å². The number of nitrogens with zero attached hydrogens (tertiary/aromatic N) is 1. The Morgan fingerprint density at radius 2 is 1.87 bits per heavy atom. The highest BCUT2D eigenvalue weighted by molar-refractivity contribution is 7.91. The first-order valence-electron chi connectivity index (χ1n) is 7.60. The molecule has 1 aromatic carbocycles. The van der Waals surface area contributed by atoms with Crippen LogP contribution < -0.4 is 4.90 Å². The second-order valence-corrected chi connectivity index (χ2v) is 9.70. The van der Waals surface area contributed by atoms with Crippen LogP contribution >= 0.6 is 22.9 Å². The Labute approximate surface area is 146 Å². The smallest absolute Gasteiger partial charge is 0.253 e. The molecule has 0 spiro atoms. The van der Waals surface area contributed by atoms with Crippen molar-refractivity contribution < 1.29 is 13.3 Å². The van der Waals surface area contributed by atoms with Gasteiger partial charge < -0.3 is 4.90 Å². The minimum absolute atomic E-state index is 0.338. The minimum Gasteiger partial charge on any atom is -0.329 e. The third kappa shape index (κ3) is 3.78. The fraction of sp³-hybridized carbons (Fsp3) is 0.375. The maximum Gasteiger partial charge on any atom is 0.253 e. The Balaban J connectivity index is 1.63. The number of quaternary nitrogens is 1.